The van der Waals surface area contributed by atoms with Gasteiger partial charge in [0.15, 0.2) is 0 Å². The molecule has 0 saturated heterocycles. The summed E-state index contributed by atoms with van der Waals surface area (Å²) in [6.07, 6.45) is 4.53. The van der Waals surface area contributed by atoms with E-state index in [1.165, 1.54) is 23.3 Å². The molecular formula is C10H11ClO2S. The summed E-state index contributed by atoms with van der Waals surface area (Å²) < 4.78 is 0. The maximum atomic E-state index is 10.6. The number of carboxylic acids is 1. The quantitative estimate of drug-likeness (QED) is 0.848. The Bertz CT molecular complexity index is 370. The first-order chi connectivity index (χ1) is 6.68. The molecule has 0 aliphatic heterocycles. The van der Waals surface area contributed by atoms with Crippen molar-refractivity contribution >= 4 is 28.9 Å². The lowest BCUT2D eigenvalue weighted by Crippen LogP contribution is -1.99. The highest BCUT2D eigenvalue weighted by molar-refractivity contribution is 7.13. The normalized spacial score (nSPS) is 15.2. The fraction of sp³-hybridized carbons (Fsp3) is 0.500. The average molecular weight is 231 g/mol. The van der Waals surface area contributed by atoms with E-state index in [2.05, 4.69) is 0 Å². The summed E-state index contributed by atoms with van der Waals surface area (Å²) in [5.74, 6) is -0.800. The summed E-state index contributed by atoms with van der Waals surface area (Å²) in [6, 6.07) is 0. The summed E-state index contributed by atoms with van der Waals surface area (Å²) in [7, 11) is 0. The van der Waals surface area contributed by atoms with Crippen LogP contribution in [0.4, 0.5) is 0 Å². The van der Waals surface area contributed by atoms with Crippen LogP contribution >= 0.6 is 22.9 Å². The molecule has 0 spiro atoms. The van der Waals surface area contributed by atoms with E-state index in [1.54, 1.807) is 11.3 Å². The van der Waals surface area contributed by atoms with Gasteiger partial charge in [-0.05, 0) is 31.2 Å². The number of fused-ring (bicyclic) bond motifs is 1. The van der Waals surface area contributed by atoms with Gasteiger partial charge in [-0.1, -0.05) is 11.6 Å². The fourth-order valence-corrected chi connectivity index (χ4v) is 3.56. The first-order valence-electron chi connectivity index (χ1n) is 4.69. The predicted octanol–water partition coefficient (Wildman–Crippen LogP) is 2.91. The van der Waals surface area contributed by atoms with E-state index in [-0.39, 0.29) is 6.42 Å². The molecule has 2 nitrogen and oxygen atoms in total. The number of aryl methyl sites for hydroxylation is 1. The zero-order valence-corrected chi connectivity index (χ0v) is 9.25. The van der Waals surface area contributed by atoms with Crippen molar-refractivity contribution in [3.63, 3.8) is 0 Å². The van der Waals surface area contributed by atoms with E-state index in [9.17, 15) is 4.79 Å². The van der Waals surface area contributed by atoms with Gasteiger partial charge in [-0.15, -0.1) is 11.3 Å². The zero-order chi connectivity index (χ0) is 10.1. The molecular weight excluding hydrogens is 220 g/mol. The van der Waals surface area contributed by atoms with Gasteiger partial charge in [0.1, 0.15) is 0 Å². The molecule has 0 unspecified atom stereocenters. The lowest BCUT2D eigenvalue weighted by Gasteiger charge is -2.09. The Balaban J connectivity index is 2.33. The Morgan fingerprint density at radius 3 is 2.79 bits per heavy atom. The van der Waals surface area contributed by atoms with Crippen LogP contribution in [0, 0.1) is 0 Å². The first-order valence-corrected chi connectivity index (χ1v) is 5.88. The maximum Gasteiger partial charge on any atom is 0.308 e. The molecule has 1 aromatic rings. The Kier molecular flexibility index (Phi) is 2.79. The molecule has 1 N–H and O–H groups in total. The molecule has 0 saturated carbocycles. The predicted molar refractivity (Wildman–Crippen MR) is 57.3 cm³/mol. The largest absolute Gasteiger partial charge is 0.481 e. The Labute approximate surface area is 91.5 Å². The third-order valence-corrected chi connectivity index (χ3v) is 4.35. The minimum atomic E-state index is -0.800. The second kappa shape index (κ2) is 3.91. The van der Waals surface area contributed by atoms with Crippen LogP contribution in [-0.2, 0) is 24.1 Å². The fourth-order valence-electron chi connectivity index (χ4n) is 1.84. The van der Waals surface area contributed by atoms with E-state index in [4.69, 9.17) is 16.7 Å². The molecule has 76 valence electrons. The highest BCUT2D eigenvalue weighted by Crippen LogP contribution is 2.37. The van der Waals surface area contributed by atoms with Crippen LogP contribution in [0.15, 0.2) is 0 Å². The molecule has 1 aliphatic carbocycles. The number of rotatable bonds is 2. The van der Waals surface area contributed by atoms with Crippen molar-refractivity contribution in [1.82, 2.24) is 0 Å². The van der Waals surface area contributed by atoms with E-state index < -0.39 is 5.97 Å². The topological polar surface area (TPSA) is 37.3 Å². The van der Waals surface area contributed by atoms with Crippen LogP contribution in [0.1, 0.15) is 28.2 Å². The standard InChI is InChI=1S/C10H11ClO2S/c11-10-6-3-1-2-4-7(6)14-8(10)5-9(12)13/h1-5H2,(H,12,13). The Hall–Kier alpha value is -0.540. The smallest absolute Gasteiger partial charge is 0.308 e. The van der Waals surface area contributed by atoms with Crippen molar-refractivity contribution in [2.24, 2.45) is 0 Å². The molecule has 0 aromatic carbocycles. The van der Waals surface area contributed by atoms with Crippen molar-refractivity contribution in [3.8, 4) is 0 Å². The van der Waals surface area contributed by atoms with Crippen molar-refractivity contribution in [2.45, 2.75) is 32.1 Å². The van der Waals surface area contributed by atoms with Crippen molar-refractivity contribution in [1.29, 1.82) is 0 Å². The lowest BCUT2D eigenvalue weighted by molar-refractivity contribution is -0.136. The van der Waals surface area contributed by atoms with Crippen LogP contribution in [0.3, 0.4) is 0 Å². The average Bonchev–Trinajstić information content (AvgIpc) is 2.44. The number of thiophene rings is 1. The van der Waals surface area contributed by atoms with Crippen LogP contribution in [0.25, 0.3) is 0 Å². The summed E-state index contributed by atoms with van der Waals surface area (Å²) in [5, 5.41) is 9.42. The second-order valence-electron chi connectivity index (χ2n) is 3.52. The van der Waals surface area contributed by atoms with Gasteiger partial charge < -0.3 is 5.11 Å². The lowest BCUT2D eigenvalue weighted by atomic mass is 9.99. The van der Waals surface area contributed by atoms with E-state index in [0.29, 0.717) is 5.02 Å². The Morgan fingerprint density at radius 1 is 1.43 bits per heavy atom. The maximum absolute atomic E-state index is 10.6. The summed E-state index contributed by atoms with van der Waals surface area (Å²) in [5.41, 5.74) is 1.21. The molecule has 1 aromatic heterocycles. The van der Waals surface area contributed by atoms with Crippen molar-refractivity contribution in [2.75, 3.05) is 0 Å². The zero-order valence-electron chi connectivity index (χ0n) is 7.68. The number of halogens is 1. The number of carbonyl (C=O) groups is 1. The van der Waals surface area contributed by atoms with Crippen LogP contribution in [-0.4, -0.2) is 11.1 Å². The molecule has 0 fully saturated rings. The van der Waals surface area contributed by atoms with Crippen LogP contribution in [0.5, 0.6) is 0 Å². The van der Waals surface area contributed by atoms with Crippen molar-refractivity contribution < 1.29 is 9.90 Å². The van der Waals surface area contributed by atoms with Gasteiger partial charge in [-0.25, -0.2) is 0 Å². The summed E-state index contributed by atoms with van der Waals surface area (Å²) >= 11 is 7.71. The minimum absolute atomic E-state index is 0.0660. The number of hydrogen-bond acceptors (Lipinski definition) is 2. The second-order valence-corrected chi connectivity index (χ2v) is 5.09. The molecule has 1 aliphatic rings. The van der Waals surface area contributed by atoms with Gasteiger partial charge in [-0.2, -0.15) is 0 Å². The van der Waals surface area contributed by atoms with E-state index in [0.717, 1.165) is 17.7 Å². The molecule has 0 amide bonds. The van der Waals surface area contributed by atoms with Crippen molar-refractivity contribution in [3.05, 3.63) is 20.3 Å². The Morgan fingerprint density at radius 2 is 2.14 bits per heavy atom. The molecule has 0 radical (unpaired) electrons. The van der Waals surface area contributed by atoms with Gasteiger partial charge in [-0.3, -0.25) is 4.79 Å². The molecule has 14 heavy (non-hydrogen) atoms. The van der Waals surface area contributed by atoms with Gasteiger partial charge >= 0.3 is 5.97 Å². The van der Waals surface area contributed by atoms with Crippen LogP contribution in [0.2, 0.25) is 5.02 Å². The third-order valence-electron chi connectivity index (χ3n) is 2.49. The summed E-state index contributed by atoms with van der Waals surface area (Å²) in [6.45, 7) is 0. The highest BCUT2D eigenvalue weighted by atomic mass is 35.5. The molecule has 2 rings (SSSR count). The first kappa shape index (κ1) is 9.99. The van der Waals surface area contributed by atoms with E-state index >= 15 is 0 Å². The number of carboxylic acid groups (broad SMARTS) is 1. The van der Waals surface area contributed by atoms with Gasteiger partial charge in [0.25, 0.3) is 0 Å². The van der Waals surface area contributed by atoms with E-state index in [1.807, 2.05) is 0 Å². The SMILES string of the molecule is O=C(O)Cc1sc2c(c1Cl)CCCC2. The molecule has 0 atom stereocenters. The third kappa shape index (κ3) is 1.79. The van der Waals surface area contributed by atoms with Gasteiger partial charge in [0.2, 0.25) is 0 Å². The molecule has 0 bridgehead atoms. The minimum Gasteiger partial charge on any atom is -0.481 e. The highest BCUT2D eigenvalue weighted by Gasteiger charge is 2.20. The monoisotopic (exact) mass is 230 g/mol. The number of aliphatic carboxylic acids is 1. The van der Waals surface area contributed by atoms with Gasteiger partial charge in [0.05, 0.1) is 11.4 Å². The molecule has 1 heterocycles. The van der Waals surface area contributed by atoms with Gasteiger partial charge in [0, 0.05) is 9.75 Å². The number of hydrogen-bond donors (Lipinski definition) is 1. The molecule has 4 heteroatoms. The van der Waals surface area contributed by atoms with Crippen LogP contribution < -0.4 is 0 Å². The summed E-state index contributed by atoms with van der Waals surface area (Å²) in [4.78, 5) is 12.7.